The summed E-state index contributed by atoms with van der Waals surface area (Å²) in [5.74, 6) is 1.35. The van der Waals surface area contributed by atoms with Crippen molar-refractivity contribution < 1.29 is 5.11 Å². The zero-order valence-electron chi connectivity index (χ0n) is 23.6. The van der Waals surface area contributed by atoms with Crippen LogP contribution in [0.5, 0.6) is 0 Å². The first kappa shape index (κ1) is 25.9. The van der Waals surface area contributed by atoms with Gasteiger partial charge in [-0.3, -0.25) is 14.4 Å². The highest BCUT2D eigenvalue weighted by Gasteiger charge is 2.33. The topological polar surface area (TPSA) is 125 Å². The van der Waals surface area contributed by atoms with Crippen molar-refractivity contribution in [2.24, 2.45) is 19.1 Å². The summed E-state index contributed by atoms with van der Waals surface area (Å²) in [7, 11) is 4.02. The van der Waals surface area contributed by atoms with Gasteiger partial charge in [0, 0.05) is 65.9 Å². The molecule has 0 saturated heterocycles. The molecule has 10 nitrogen and oxygen atoms in total. The predicted molar refractivity (Wildman–Crippen MR) is 158 cm³/mol. The van der Waals surface area contributed by atoms with E-state index >= 15 is 0 Å². The molecule has 0 atom stereocenters. The van der Waals surface area contributed by atoms with Crippen LogP contribution < -0.4 is 5.73 Å². The second-order valence-electron chi connectivity index (χ2n) is 11.3. The first-order chi connectivity index (χ1) is 19.1. The molecule has 0 unspecified atom stereocenters. The van der Waals surface area contributed by atoms with E-state index in [1.54, 1.807) is 35.6 Å². The van der Waals surface area contributed by atoms with Crippen molar-refractivity contribution in [3.05, 3.63) is 59.8 Å². The van der Waals surface area contributed by atoms with Crippen LogP contribution in [0.15, 0.2) is 47.8 Å². The van der Waals surface area contributed by atoms with E-state index in [1.165, 1.54) is 5.69 Å². The number of nitrogens with two attached hydrogens (primary N) is 1. The van der Waals surface area contributed by atoms with Crippen LogP contribution in [0.1, 0.15) is 56.5 Å². The molecule has 206 valence electrons. The number of anilines is 1. The summed E-state index contributed by atoms with van der Waals surface area (Å²) in [6, 6.07) is 8.08. The summed E-state index contributed by atoms with van der Waals surface area (Å²) < 4.78 is 5.72. The van der Waals surface area contributed by atoms with Gasteiger partial charge in [0.15, 0.2) is 5.65 Å². The number of imidazole rings is 1. The van der Waals surface area contributed by atoms with Crippen molar-refractivity contribution >= 4 is 28.6 Å². The summed E-state index contributed by atoms with van der Waals surface area (Å²) in [6.07, 6.45) is 10.3. The molecule has 1 saturated carbocycles. The van der Waals surface area contributed by atoms with Crippen molar-refractivity contribution in [1.29, 1.82) is 0 Å². The number of aromatic nitrogens is 7. The smallest absolute Gasteiger partial charge is 0.181 e. The molecule has 3 N–H and O–H groups in total. The maximum Gasteiger partial charge on any atom is 0.181 e. The largest absolute Gasteiger partial charge is 0.398 e. The molecule has 1 aromatic carbocycles. The number of hydrogen-bond acceptors (Lipinski definition) is 7. The van der Waals surface area contributed by atoms with E-state index < -0.39 is 5.60 Å². The van der Waals surface area contributed by atoms with Crippen molar-refractivity contribution in [2.75, 3.05) is 5.73 Å². The van der Waals surface area contributed by atoms with Gasteiger partial charge in [0.1, 0.15) is 11.5 Å². The number of hydrogen-bond donors (Lipinski definition) is 2. The monoisotopic (exact) mass is 537 g/mol. The van der Waals surface area contributed by atoms with Gasteiger partial charge in [-0.05, 0) is 45.2 Å². The Morgan fingerprint density at radius 3 is 2.67 bits per heavy atom. The molecule has 0 aliphatic heterocycles. The molecule has 4 aromatic heterocycles. The molecule has 0 spiro atoms. The summed E-state index contributed by atoms with van der Waals surface area (Å²) in [5, 5.41) is 20.0. The van der Waals surface area contributed by atoms with E-state index in [2.05, 4.69) is 40.9 Å². The van der Waals surface area contributed by atoms with Gasteiger partial charge in [0.05, 0.1) is 35.9 Å². The summed E-state index contributed by atoms with van der Waals surface area (Å²) in [4.78, 5) is 14.8. The minimum absolute atomic E-state index is 0.377. The number of aliphatic imine (C=N–C) groups is 1. The van der Waals surface area contributed by atoms with Gasteiger partial charge < -0.3 is 15.4 Å². The quantitative estimate of drug-likeness (QED) is 0.217. The number of rotatable bonds is 8. The number of aryl methyl sites for hydroxylation is 2. The average molecular weight is 538 g/mol. The molecule has 0 radical (unpaired) electrons. The minimum Gasteiger partial charge on any atom is -0.398 e. The minimum atomic E-state index is -0.866. The fourth-order valence-electron chi connectivity index (χ4n) is 5.32. The third kappa shape index (κ3) is 4.90. The van der Waals surface area contributed by atoms with Crippen molar-refractivity contribution in [3.63, 3.8) is 0 Å². The number of aliphatic hydroxyl groups is 1. The molecule has 10 heteroatoms. The lowest BCUT2D eigenvalue weighted by atomic mass is 10.0. The Morgan fingerprint density at radius 2 is 1.95 bits per heavy atom. The molecule has 4 heterocycles. The first-order valence-electron chi connectivity index (χ1n) is 13.7. The first-order valence-corrected chi connectivity index (χ1v) is 13.7. The maximum atomic E-state index is 10.1. The number of benzene rings is 1. The lowest BCUT2D eigenvalue weighted by Gasteiger charge is -2.16. The van der Waals surface area contributed by atoms with Gasteiger partial charge in [0.2, 0.25) is 0 Å². The van der Waals surface area contributed by atoms with E-state index in [9.17, 15) is 5.11 Å². The van der Waals surface area contributed by atoms with E-state index in [0.29, 0.717) is 23.8 Å². The van der Waals surface area contributed by atoms with Crippen LogP contribution in [0.2, 0.25) is 0 Å². The zero-order chi connectivity index (χ0) is 28.2. The van der Waals surface area contributed by atoms with Gasteiger partial charge >= 0.3 is 0 Å². The molecule has 6 rings (SSSR count). The second-order valence-corrected chi connectivity index (χ2v) is 11.3. The lowest BCUT2D eigenvalue weighted by Crippen LogP contribution is -2.26. The van der Waals surface area contributed by atoms with E-state index in [4.69, 9.17) is 20.7 Å². The third-order valence-electron chi connectivity index (χ3n) is 7.27. The zero-order valence-corrected chi connectivity index (χ0v) is 23.6. The molecule has 1 aliphatic carbocycles. The molecule has 1 aliphatic rings. The van der Waals surface area contributed by atoms with Crippen LogP contribution in [0, 0.1) is 0 Å². The predicted octanol–water partition coefficient (Wildman–Crippen LogP) is 4.78. The summed E-state index contributed by atoms with van der Waals surface area (Å²) in [6.45, 7) is 5.99. The van der Waals surface area contributed by atoms with Crippen LogP contribution in [-0.4, -0.2) is 51.0 Å². The van der Waals surface area contributed by atoms with Gasteiger partial charge in [-0.1, -0.05) is 19.1 Å². The molecule has 40 heavy (non-hydrogen) atoms. The highest BCUT2D eigenvalue weighted by Crippen LogP contribution is 2.46. The number of pyridine rings is 1. The molecule has 0 bridgehead atoms. The Bertz CT molecular complexity index is 1740. The van der Waals surface area contributed by atoms with Gasteiger partial charge in [-0.25, -0.2) is 9.97 Å². The number of nitrogens with zero attached hydrogens (tertiary/aromatic N) is 8. The molecule has 1 fully saturated rings. The van der Waals surface area contributed by atoms with Crippen molar-refractivity contribution in [2.45, 2.75) is 58.1 Å². The van der Waals surface area contributed by atoms with Crippen LogP contribution in [0.4, 0.5) is 11.4 Å². The Hall–Kier alpha value is -4.31. The lowest BCUT2D eigenvalue weighted by molar-refractivity contribution is 0.0577. The Morgan fingerprint density at radius 1 is 1.15 bits per heavy atom. The van der Waals surface area contributed by atoms with Crippen LogP contribution in [-0.2, 0) is 27.1 Å². The van der Waals surface area contributed by atoms with Crippen LogP contribution in [0.25, 0.3) is 33.7 Å². The number of fused-ring (bicyclic) bond motifs is 1. The van der Waals surface area contributed by atoms with Gasteiger partial charge in [0.25, 0.3) is 0 Å². The third-order valence-corrected chi connectivity index (χ3v) is 7.27. The van der Waals surface area contributed by atoms with E-state index in [1.807, 2.05) is 31.6 Å². The van der Waals surface area contributed by atoms with Crippen LogP contribution in [0.3, 0.4) is 0 Å². The maximum absolute atomic E-state index is 10.1. The highest BCUT2D eigenvalue weighted by atomic mass is 16.3. The Balaban J connectivity index is 1.45. The summed E-state index contributed by atoms with van der Waals surface area (Å²) in [5.41, 5.74) is 13.6. The second kappa shape index (κ2) is 9.71. The van der Waals surface area contributed by atoms with Crippen LogP contribution >= 0.6 is 0 Å². The number of nitrogen functional groups attached to an aromatic ring is 1. The fourth-order valence-corrected chi connectivity index (χ4v) is 5.32. The highest BCUT2D eigenvalue weighted by molar-refractivity contribution is 5.97. The standard InChI is InChI=1S/C30H35N9O/c1-6-25-22(12-19-15-37(4)36-28(19)34-25)29-35-26(27(38(29)5)18-10-11-18)21-8-7-9-24(31)23(21)14-32-20-13-33-39(16-20)17-30(2,3)40/h7-9,12-16,18,40H,6,10-11,17,31H2,1-5H3. The fraction of sp³-hybridized carbons (Fsp3) is 0.367. The average Bonchev–Trinajstić information content (AvgIpc) is 3.37. The SMILES string of the molecule is CCc1nc2nn(C)cc2cc1-c1nc(-c2cccc(N)c2C=Nc2cnn(CC(C)(C)O)c2)c(C2CC2)n1C. The normalized spacial score (nSPS) is 14.2. The Kier molecular flexibility index (Phi) is 6.29. The molecule has 5 aromatic rings. The van der Waals surface area contributed by atoms with Crippen molar-refractivity contribution in [1.82, 2.24) is 34.1 Å². The van der Waals surface area contributed by atoms with E-state index in [0.717, 1.165) is 64.2 Å². The van der Waals surface area contributed by atoms with E-state index in [-0.39, 0.29) is 0 Å². The summed E-state index contributed by atoms with van der Waals surface area (Å²) >= 11 is 0. The Labute approximate surface area is 233 Å². The van der Waals surface area contributed by atoms with Gasteiger partial charge in [-0.15, -0.1) is 0 Å². The molecular weight excluding hydrogens is 502 g/mol. The molecular formula is C30H35N9O. The molecule has 0 amide bonds. The van der Waals surface area contributed by atoms with Gasteiger partial charge in [-0.2, -0.15) is 10.2 Å². The van der Waals surface area contributed by atoms with Crippen molar-refractivity contribution in [3.8, 4) is 22.6 Å².